The van der Waals surface area contributed by atoms with Crippen LogP contribution in [0.15, 0.2) is 85.1 Å². The largest absolute Gasteiger partial charge is 0.445 e. The third kappa shape index (κ3) is 15.1. The van der Waals surface area contributed by atoms with Crippen LogP contribution in [-0.2, 0) is 46.7 Å². The van der Waals surface area contributed by atoms with E-state index in [1.807, 2.05) is 0 Å². The van der Waals surface area contributed by atoms with Crippen molar-refractivity contribution in [1.29, 1.82) is 0 Å². The average molecular weight is 1120 g/mol. The second-order valence-corrected chi connectivity index (χ2v) is 21.8. The van der Waals surface area contributed by atoms with Crippen LogP contribution in [-0.4, -0.2) is 133 Å². The molecule has 2 aliphatic heterocycles. The van der Waals surface area contributed by atoms with Crippen molar-refractivity contribution in [3.05, 3.63) is 119 Å². The Morgan fingerprint density at radius 1 is 0.863 bits per heavy atom. The molecule has 1 aromatic heterocycles. The van der Waals surface area contributed by atoms with Gasteiger partial charge in [-0.3, -0.25) is 33.7 Å². The molecule has 20 nitrogen and oxygen atoms in total. The molecule has 9 amide bonds. The van der Waals surface area contributed by atoms with Gasteiger partial charge in [0.15, 0.2) is 0 Å². The SMILES string of the molecule is CC(O)C(=O)N(CC1CN(C(=O)OCc2ccc(NC(=O)C(CCCNC(N)=O)NC(=O)C(NC(=O)C(C)(C)N3C(=O)C=CC3=O)C(C)C)cc2)CC1F)C(c1nc(-c2cc(F)ccc2F)cn1Cc1cccc(F)c1)C(C)(C)C. The molecular formula is C56H68F4N10O10. The van der Waals surface area contributed by atoms with Crippen LogP contribution in [0.4, 0.5) is 32.8 Å². The maximum atomic E-state index is 16.2. The number of carbonyl (C=O) groups excluding carboxylic acids is 8. The Kier molecular flexibility index (Phi) is 19.7. The van der Waals surface area contributed by atoms with Crippen molar-refractivity contribution >= 4 is 53.3 Å². The zero-order valence-corrected chi connectivity index (χ0v) is 45.7. The predicted molar refractivity (Wildman–Crippen MR) is 284 cm³/mol. The highest BCUT2D eigenvalue weighted by Gasteiger charge is 2.46. The lowest BCUT2D eigenvalue weighted by atomic mass is 9.84. The number of nitrogens with two attached hydrogens (primary N) is 1. The summed E-state index contributed by atoms with van der Waals surface area (Å²) in [6, 6.07) is 10.4. The molecule has 0 radical (unpaired) electrons. The van der Waals surface area contributed by atoms with Crippen LogP contribution >= 0.6 is 0 Å². The number of halogens is 4. The molecule has 1 fully saturated rings. The lowest BCUT2D eigenvalue weighted by Gasteiger charge is -2.41. The fourth-order valence-corrected chi connectivity index (χ4v) is 9.50. The molecule has 0 spiro atoms. The Bertz CT molecular complexity index is 2980. The number of ether oxygens (including phenoxy) is 1. The number of nitrogens with one attached hydrogen (secondary N) is 4. The lowest BCUT2D eigenvalue weighted by molar-refractivity contribution is -0.151. The van der Waals surface area contributed by atoms with Gasteiger partial charge in [0.25, 0.3) is 17.7 Å². The standard InChI is InChI=1S/C56H68F4N10O10/c1-31(2)46(66-52(77)56(7,8)70-44(72)20-21-45(70)73)50(75)65-42(13-10-22-62-53(61)78)49(74)63-38-17-14-33(15-18-38)30-80-54(79)68-26-35(41(60)28-68)27-69(51(76)32(3)71)47(55(4,5)6)48-64-43(39-24-37(58)16-19-40(39)59)29-67(48)25-34-11-9-12-36(57)23-34/h9,11-12,14-21,23-24,29,31-32,35,41-42,46-47,71H,10,13,22,25-28,30H2,1-8H3,(H,63,74)(H,65,75)(H,66,77)(H3,61,62,78). The number of urea groups is 1. The molecule has 6 rings (SSSR count). The van der Waals surface area contributed by atoms with Gasteiger partial charge in [0.1, 0.15) is 59.8 Å². The Morgan fingerprint density at radius 2 is 1.52 bits per heavy atom. The summed E-state index contributed by atoms with van der Waals surface area (Å²) in [5.74, 6) is -7.84. The molecule has 0 saturated carbocycles. The van der Waals surface area contributed by atoms with E-state index in [9.17, 15) is 52.2 Å². The minimum absolute atomic E-state index is 0.00176. The first-order chi connectivity index (χ1) is 37.5. The van der Waals surface area contributed by atoms with Crippen molar-refractivity contribution in [1.82, 2.24) is 40.2 Å². The topological polar surface area (TPSA) is 268 Å². The second-order valence-electron chi connectivity index (χ2n) is 21.8. The summed E-state index contributed by atoms with van der Waals surface area (Å²) >= 11 is 0. The zero-order valence-electron chi connectivity index (χ0n) is 45.7. The number of primary amides is 1. The van der Waals surface area contributed by atoms with E-state index in [4.69, 9.17) is 15.5 Å². The number of carbonyl (C=O) groups is 8. The van der Waals surface area contributed by atoms with Crippen molar-refractivity contribution in [2.45, 2.75) is 117 Å². The highest BCUT2D eigenvalue weighted by atomic mass is 19.1. The number of hydrogen-bond acceptors (Lipinski definition) is 11. The van der Waals surface area contributed by atoms with E-state index in [0.717, 1.165) is 40.2 Å². The van der Waals surface area contributed by atoms with Crippen molar-refractivity contribution in [2.75, 3.05) is 31.5 Å². The molecule has 3 aromatic carbocycles. The highest BCUT2D eigenvalue weighted by Crippen LogP contribution is 2.41. The minimum Gasteiger partial charge on any atom is -0.445 e. The quantitative estimate of drug-likeness (QED) is 0.0319. The van der Waals surface area contributed by atoms with Gasteiger partial charge in [0.2, 0.25) is 17.7 Å². The van der Waals surface area contributed by atoms with Crippen LogP contribution in [0.1, 0.15) is 91.2 Å². The van der Waals surface area contributed by atoms with Gasteiger partial charge >= 0.3 is 12.1 Å². The molecule has 7 N–H and O–H groups in total. The van der Waals surface area contributed by atoms with E-state index in [1.165, 1.54) is 62.2 Å². The van der Waals surface area contributed by atoms with Crippen LogP contribution < -0.4 is 27.0 Å². The first-order valence-electron chi connectivity index (χ1n) is 26.0. The molecule has 4 aromatic rings. The number of rotatable bonds is 22. The van der Waals surface area contributed by atoms with Crippen LogP contribution in [0, 0.1) is 34.7 Å². The minimum atomic E-state index is -1.68. The molecule has 0 bridgehead atoms. The number of aliphatic hydroxyl groups is 1. The number of imidazole rings is 1. The summed E-state index contributed by atoms with van der Waals surface area (Å²) in [6.07, 6.45) is -0.423. The molecular weight excluding hydrogens is 1050 g/mol. The molecule has 6 unspecified atom stereocenters. The summed E-state index contributed by atoms with van der Waals surface area (Å²) in [5, 5.41) is 21.2. The van der Waals surface area contributed by atoms with Crippen molar-refractivity contribution in [2.24, 2.45) is 23.0 Å². The molecule has 3 heterocycles. The fourth-order valence-electron chi connectivity index (χ4n) is 9.50. The molecule has 80 heavy (non-hydrogen) atoms. The van der Waals surface area contributed by atoms with Crippen LogP contribution in [0.5, 0.6) is 0 Å². The highest BCUT2D eigenvalue weighted by molar-refractivity contribution is 6.16. The number of hydrogen-bond donors (Lipinski definition) is 6. The summed E-state index contributed by atoms with van der Waals surface area (Å²) in [5.41, 5.74) is 3.62. The molecule has 2 aliphatic rings. The zero-order chi connectivity index (χ0) is 59.0. The van der Waals surface area contributed by atoms with Gasteiger partial charge in [-0.1, -0.05) is 58.9 Å². The van der Waals surface area contributed by atoms with Gasteiger partial charge in [-0.2, -0.15) is 0 Å². The molecule has 24 heteroatoms. The predicted octanol–water partition coefficient (Wildman–Crippen LogP) is 5.64. The van der Waals surface area contributed by atoms with Gasteiger partial charge < -0.3 is 51.2 Å². The van der Waals surface area contributed by atoms with Crippen molar-refractivity contribution in [3.8, 4) is 11.3 Å². The number of anilines is 1. The maximum Gasteiger partial charge on any atom is 0.410 e. The number of amides is 9. The first kappa shape index (κ1) is 61.1. The molecule has 1 saturated heterocycles. The van der Waals surface area contributed by atoms with E-state index in [2.05, 4.69) is 21.3 Å². The number of imide groups is 1. The summed E-state index contributed by atoms with van der Waals surface area (Å²) < 4.78 is 67.6. The normalized spacial score (nSPS) is 17.0. The summed E-state index contributed by atoms with van der Waals surface area (Å²) in [6.45, 7) is 11.4. The van der Waals surface area contributed by atoms with E-state index in [0.29, 0.717) is 11.1 Å². The third-order valence-corrected chi connectivity index (χ3v) is 13.7. The maximum absolute atomic E-state index is 16.2. The molecule has 0 aliphatic carbocycles. The molecule has 430 valence electrons. The smallest absolute Gasteiger partial charge is 0.410 e. The van der Waals surface area contributed by atoms with Gasteiger partial charge in [0, 0.05) is 61.7 Å². The Hall–Kier alpha value is -8.15. The second kappa shape index (κ2) is 25.8. The van der Waals surface area contributed by atoms with Gasteiger partial charge in [-0.15, -0.1) is 0 Å². The number of alkyl halides is 1. The fraction of sp³-hybridized carbons (Fsp3) is 0.446. The van der Waals surface area contributed by atoms with Crippen LogP contribution in [0.3, 0.4) is 0 Å². The lowest BCUT2D eigenvalue weighted by Crippen LogP contribution is -2.62. The number of aliphatic hydroxyl groups excluding tert-OH is 1. The number of benzene rings is 3. The van der Waals surface area contributed by atoms with E-state index >= 15 is 8.78 Å². The van der Waals surface area contributed by atoms with Crippen LogP contribution in [0.2, 0.25) is 0 Å². The monoisotopic (exact) mass is 1120 g/mol. The summed E-state index contributed by atoms with van der Waals surface area (Å²) in [7, 11) is 0. The number of aromatic nitrogens is 2. The van der Waals surface area contributed by atoms with Crippen LogP contribution in [0.25, 0.3) is 11.3 Å². The number of likely N-dealkylation sites (tertiary alicyclic amines) is 1. The van der Waals surface area contributed by atoms with E-state index in [-0.39, 0.29) is 68.4 Å². The van der Waals surface area contributed by atoms with Gasteiger partial charge in [0.05, 0.1) is 18.3 Å². The third-order valence-electron chi connectivity index (χ3n) is 13.7. The van der Waals surface area contributed by atoms with Crippen molar-refractivity contribution in [3.63, 3.8) is 0 Å². The van der Waals surface area contributed by atoms with E-state index < -0.39 is 125 Å². The van der Waals surface area contributed by atoms with Gasteiger partial charge in [-0.25, -0.2) is 32.1 Å². The van der Waals surface area contributed by atoms with Gasteiger partial charge in [-0.05, 0) is 98.5 Å². The van der Waals surface area contributed by atoms with Crippen molar-refractivity contribution < 1.29 is 65.8 Å². The summed E-state index contributed by atoms with van der Waals surface area (Å²) in [4.78, 5) is 113. The van der Waals surface area contributed by atoms with E-state index in [1.54, 1.807) is 57.4 Å². The number of nitrogens with zero attached hydrogens (tertiary/aromatic N) is 5. The average Bonchev–Trinajstić information content (AvgIpc) is 4.08. The Morgan fingerprint density at radius 3 is 2.14 bits per heavy atom. The first-order valence-corrected chi connectivity index (χ1v) is 26.0. The Balaban J connectivity index is 1.13. The Labute approximate surface area is 460 Å². The molecule has 6 atom stereocenters.